The molecule has 0 aliphatic rings. The number of benzene rings is 1. The molecule has 0 saturated heterocycles. The first-order valence-corrected chi connectivity index (χ1v) is 8.58. The highest BCUT2D eigenvalue weighted by Crippen LogP contribution is 2.25. The van der Waals surface area contributed by atoms with Gasteiger partial charge in [-0.25, -0.2) is 4.68 Å². The molecule has 0 aliphatic heterocycles. The molecular weight excluding hydrogens is 300 g/mol. The van der Waals surface area contributed by atoms with Crippen molar-refractivity contribution < 1.29 is 4.79 Å². The summed E-state index contributed by atoms with van der Waals surface area (Å²) in [5, 5.41) is 7.69. The predicted molar refractivity (Wildman–Crippen MR) is 97.0 cm³/mol. The molecule has 0 radical (unpaired) electrons. The Kier molecular flexibility index (Phi) is 5.78. The minimum atomic E-state index is -0.475. The molecule has 130 valence electrons. The average Bonchev–Trinajstić information content (AvgIpc) is 2.90. The molecule has 2 aromatic rings. The number of amides is 1. The van der Waals surface area contributed by atoms with Crippen LogP contribution in [-0.4, -0.2) is 22.2 Å². The summed E-state index contributed by atoms with van der Waals surface area (Å²) in [5.41, 5.74) is 9.45. The minimum absolute atomic E-state index is 0.0289. The molecule has 1 aromatic carbocycles. The normalized spacial score (nSPS) is 11.5. The zero-order chi connectivity index (χ0) is 17.7. The smallest absolute Gasteiger partial charge is 0.227 e. The third kappa shape index (κ3) is 3.36. The molecule has 2 rings (SSSR count). The summed E-state index contributed by atoms with van der Waals surface area (Å²) in [4.78, 5) is 12.6. The summed E-state index contributed by atoms with van der Waals surface area (Å²) < 4.78 is 1.92. The molecule has 0 saturated carbocycles. The fourth-order valence-electron chi connectivity index (χ4n) is 3.06. The lowest BCUT2D eigenvalue weighted by atomic mass is 9.81. The van der Waals surface area contributed by atoms with E-state index in [0.717, 1.165) is 35.5 Å². The van der Waals surface area contributed by atoms with Crippen molar-refractivity contribution in [2.75, 3.05) is 6.54 Å². The molecule has 0 aliphatic carbocycles. The van der Waals surface area contributed by atoms with E-state index >= 15 is 0 Å². The van der Waals surface area contributed by atoms with Gasteiger partial charge in [-0.3, -0.25) is 4.79 Å². The van der Waals surface area contributed by atoms with Gasteiger partial charge in [0.25, 0.3) is 0 Å². The highest BCUT2D eigenvalue weighted by molar-refractivity contribution is 5.82. The first kappa shape index (κ1) is 18.2. The lowest BCUT2D eigenvalue weighted by molar-refractivity contribution is -0.131. The second kappa shape index (κ2) is 7.62. The summed E-state index contributed by atoms with van der Waals surface area (Å²) in [5.74, 6) is 0.0289. The van der Waals surface area contributed by atoms with Crippen LogP contribution in [0.25, 0.3) is 5.69 Å². The van der Waals surface area contributed by atoms with Gasteiger partial charge in [0.05, 0.1) is 16.8 Å². The Morgan fingerprint density at radius 1 is 1.21 bits per heavy atom. The number of hydrogen-bond donors (Lipinski definition) is 2. The summed E-state index contributed by atoms with van der Waals surface area (Å²) >= 11 is 0. The number of aromatic nitrogens is 2. The molecule has 5 nitrogen and oxygen atoms in total. The van der Waals surface area contributed by atoms with Crippen molar-refractivity contribution in [3.05, 3.63) is 47.3 Å². The number of carbonyl (C=O) groups excluding carboxylic acids is 1. The van der Waals surface area contributed by atoms with Crippen LogP contribution >= 0.6 is 0 Å². The van der Waals surface area contributed by atoms with Crippen molar-refractivity contribution in [2.24, 2.45) is 11.1 Å². The lowest BCUT2D eigenvalue weighted by Gasteiger charge is -2.28. The number of carbonyl (C=O) groups is 1. The zero-order valence-electron chi connectivity index (χ0n) is 15.1. The second-order valence-electron chi connectivity index (χ2n) is 6.27. The largest absolute Gasteiger partial charge is 0.351 e. The zero-order valence-corrected chi connectivity index (χ0v) is 15.1. The van der Waals surface area contributed by atoms with E-state index in [-0.39, 0.29) is 5.91 Å². The van der Waals surface area contributed by atoms with Crippen molar-refractivity contribution in [1.29, 1.82) is 0 Å². The van der Waals surface area contributed by atoms with E-state index < -0.39 is 5.41 Å². The van der Waals surface area contributed by atoms with E-state index in [4.69, 9.17) is 5.73 Å². The Morgan fingerprint density at radius 2 is 1.83 bits per heavy atom. The Bertz CT molecular complexity index is 679. The fourth-order valence-corrected chi connectivity index (χ4v) is 3.06. The van der Waals surface area contributed by atoms with E-state index in [9.17, 15) is 4.79 Å². The molecule has 0 spiro atoms. The van der Waals surface area contributed by atoms with Gasteiger partial charge in [0.1, 0.15) is 0 Å². The van der Waals surface area contributed by atoms with Crippen LogP contribution in [-0.2, 0) is 11.3 Å². The van der Waals surface area contributed by atoms with Crippen LogP contribution in [0.5, 0.6) is 0 Å². The number of hydrogen-bond acceptors (Lipinski definition) is 3. The molecule has 1 heterocycles. The number of rotatable bonds is 7. The van der Waals surface area contributed by atoms with Gasteiger partial charge < -0.3 is 11.1 Å². The Labute approximate surface area is 144 Å². The third-order valence-electron chi connectivity index (χ3n) is 5.09. The summed E-state index contributed by atoms with van der Waals surface area (Å²) in [6, 6.07) is 10.0. The van der Waals surface area contributed by atoms with Gasteiger partial charge in [-0.2, -0.15) is 5.10 Å². The van der Waals surface area contributed by atoms with Crippen molar-refractivity contribution in [2.45, 2.75) is 47.1 Å². The van der Waals surface area contributed by atoms with Gasteiger partial charge in [-0.1, -0.05) is 32.0 Å². The molecule has 0 atom stereocenters. The topological polar surface area (TPSA) is 72.9 Å². The summed E-state index contributed by atoms with van der Waals surface area (Å²) in [6.45, 7) is 8.88. The van der Waals surface area contributed by atoms with Crippen molar-refractivity contribution >= 4 is 5.91 Å². The van der Waals surface area contributed by atoms with Crippen LogP contribution in [0.2, 0.25) is 0 Å². The standard InChI is InChI=1S/C19H28N4O/c1-5-19(6-2,13-20)18(24)21-12-17-14(3)22-23(15(17)4)16-10-8-7-9-11-16/h7-11H,5-6,12-13,20H2,1-4H3,(H,21,24). The van der Waals surface area contributed by atoms with Gasteiger partial charge in [-0.05, 0) is 38.8 Å². The third-order valence-corrected chi connectivity index (χ3v) is 5.09. The van der Waals surface area contributed by atoms with Gasteiger partial charge in [-0.15, -0.1) is 0 Å². The molecule has 0 bridgehead atoms. The molecule has 0 unspecified atom stereocenters. The molecular formula is C19H28N4O. The number of nitrogens with two attached hydrogens (primary N) is 1. The Balaban J connectivity index is 2.20. The van der Waals surface area contributed by atoms with E-state index in [0.29, 0.717) is 13.1 Å². The average molecular weight is 328 g/mol. The number of nitrogens with zero attached hydrogens (tertiary/aromatic N) is 2. The number of para-hydroxylation sites is 1. The van der Waals surface area contributed by atoms with Gasteiger partial charge in [0.2, 0.25) is 5.91 Å². The predicted octanol–water partition coefficient (Wildman–Crippen LogP) is 2.87. The molecule has 24 heavy (non-hydrogen) atoms. The van der Waals surface area contributed by atoms with E-state index in [1.54, 1.807) is 0 Å². The van der Waals surface area contributed by atoms with Gasteiger partial charge in [0, 0.05) is 24.3 Å². The molecule has 1 amide bonds. The Hall–Kier alpha value is -2.14. The van der Waals surface area contributed by atoms with E-state index in [1.807, 2.05) is 62.7 Å². The quantitative estimate of drug-likeness (QED) is 0.821. The maximum absolute atomic E-state index is 12.6. The first-order valence-electron chi connectivity index (χ1n) is 8.58. The minimum Gasteiger partial charge on any atom is -0.351 e. The van der Waals surface area contributed by atoms with Crippen LogP contribution in [0, 0.1) is 19.3 Å². The van der Waals surface area contributed by atoms with E-state index in [1.165, 1.54) is 0 Å². The fraction of sp³-hybridized carbons (Fsp3) is 0.474. The second-order valence-corrected chi connectivity index (χ2v) is 6.27. The molecule has 3 N–H and O–H groups in total. The van der Waals surface area contributed by atoms with Crippen LogP contribution in [0.15, 0.2) is 30.3 Å². The maximum atomic E-state index is 12.6. The van der Waals surface area contributed by atoms with Crippen molar-refractivity contribution in [1.82, 2.24) is 15.1 Å². The highest BCUT2D eigenvalue weighted by Gasteiger charge is 2.33. The monoisotopic (exact) mass is 328 g/mol. The SMILES string of the molecule is CCC(CC)(CN)C(=O)NCc1c(C)nn(-c2ccccc2)c1C. The molecule has 0 fully saturated rings. The van der Waals surface area contributed by atoms with Crippen molar-refractivity contribution in [3.63, 3.8) is 0 Å². The van der Waals surface area contributed by atoms with E-state index in [2.05, 4.69) is 10.4 Å². The lowest BCUT2D eigenvalue weighted by Crippen LogP contribution is -2.45. The van der Waals surface area contributed by atoms with Crippen LogP contribution < -0.4 is 11.1 Å². The summed E-state index contributed by atoms with van der Waals surface area (Å²) in [6.07, 6.45) is 1.49. The highest BCUT2D eigenvalue weighted by atomic mass is 16.2. The molecule has 1 aromatic heterocycles. The molecule has 5 heteroatoms. The van der Waals surface area contributed by atoms with Gasteiger partial charge in [0.15, 0.2) is 0 Å². The number of nitrogens with one attached hydrogen (secondary N) is 1. The maximum Gasteiger partial charge on any atom is 0.227 e. The first-order chi connectivity index (χ1) is 11.5. The van der Waals surface area contributed by atoms with Crippen LogP contribution in [0.4, 0.5) is 0 Å². The Morgan fingerprint density at radius 3 is 2.38 bits per heavy atom. The van der Waals surface area contributed by atoms with Crippen LogP contribution in [0.1, 0.15) is 43.6 Å². The summed E-state index contributed by atoms with van der Waals surface area (Å²) in [7, 11) is 0. The van der Waals surface area contributed by atoms with Crippen molar-refractivity contribution in [3.8, 4) is 5.69 Å². The van der Waals surface area contributed by atoms with Gasteiger partial charge >= 0.3 is 0 Å². The number of aryl methyl sites for hydroxylation is 1. The van der Waals surface area contributed by atoms with Crippen LogP contribution in [0.3, 0.4) is 0 Å².